The number of carbonyl (C=O) groups is 1. The van der Waals surface area contributed by atoms with E-state index in [0.717, 1.165) is 66.6 Å². The summed E-state index contributed by atoms with van der Waals surface area (Å²) in [5.41, 5.74) is 0.889. The number of rotatable bonds is 10. The molecule has 2 aromatic carbocycles. The molecule has 12 nitrogen and oxygen atoms in total. The van der Waals surface area contributed by atoms with Crippen molar-refractivity contribution in [3.8, 4) is 11.5 Å². The highest BCUT2D eigenvalue weighted by Gasteiger charge is 2.37. The zero-order valence-corrected chi connectivity index (χ0v) is 26.7. The first-order valence-electron chi connectivity index (χ1n) is 14.9. The number of hydrogen-bond acceptors (Lipinski definition) is 11. The van der Waals surface area contributed by atoms with Gasteiger partial charge in [-0.3, -0.25) is 10.6 Å². The Bertz CT molecular complexity index is 1890. The fourth-order valence-corrected chi connectivity index (χ4v) is 6.12. The minimum atomic E-state index is -4.68. The van der Waals surface area contributed by atoms with Gasteiger partial charge in [-0.1, -0.05) is 11.3 Å². The molecule has 4 heterocycles. The Morgan fingerprint density at radius 3 is 2.62 bits per heavy atom. The zero-order chi connectivity index (χ0) is 33.1. The number of hydrogen-bond donors (Lipinski definition) is 3. The first kappa shape index (κ1) is 32.3. The van der Waals surface area contributed by atoms with Crippen molar-refractivity contribution in [2.45, 2.75) is 19.5 Å². The lowest BCUT2D eigenvalue weighted by Crippen LogP contribution is -2.44. The fourth-order valence-electron chi connectivity index (χ4n) is 5.22. The van der Waals surface area contributed by atoms with E-state index in [2.05, 4.69) is 47.7 Å². The molecule has 0 atom stereocenters. The second kappa shape index (κ2) is 13.6. The summed E-state index contributed by atoms with van der Waals surface area (Å²) in [7, 11) is 3.73. The molecule has 47 heavy (non-hydrogen) atoms. The Hall–Kier alpha value is -4.67. The van der Waals surface area contributed by atoms with Crippen LogP contribution in [-0.2, 0) is 6.18 Å². The number of aromatic nitrogens is 3. The van der Waals surface area contributed by atoms with Crippen LogP contribution >= 0.6 is 11.3 Å². The highest BCUT2D eigenvalue weighted by molar-refractivity contribution is 7.22. The Morgan fingerprint density at radius 2 is 1.85 bits per heavy atom. The summed E-state index contributed by atoms with van der Waals surface area (Å²) in [6.45, 7) is 7.17. The number of nitrogens with one attached hydrogen (secondary N) is 3. The van der Waals surface area contributed by atoms with Crippen LogP contribution < -0.4 is 25.4 Å². The zero-order valence-electron chi connectivity index (χ0n) is 25.9. The number of piperazine rings is 1. The van der Waals surface area contributed by atoms with E-state index in [9.17, 15) is 18.0 Å². The lowest BCUT2D eigenvalue weighted by molar-refractivity contribution is -0.137. The normalized spacial score (nSPS) is 14.4. The first-order chi connectivity index (χ1) is 22.6. The van der Waals surface area contributed by atoms with E-state index in [4.69, 9.17) is 13.9 Å². The summed E-state index contributed by atoms with van der Waals surface area (Å²) in [4.78, 5) is 30.5. The van der Waals surface area contributed by atoms with Crippen LogP contribution in [-0.4, -0.2) is 84.3 Å². The number of thiazole rings is 1. The number of nitrogens with zero attached hydrogens (tertiary/aromatic N) is 5. The number of alkyl halides is 3. The maximum atomic E-state index is 13.3. The van der Waals surface area contributed by atoms with E-state index < -0.39 is 23.7 Å². The molecule has 0 radical (unpaired) electrons. The van der Waals surface area contributed by atoms with Crippen molar-refractivity contribution in [1.29, 1.82) is 0 Å². The highest BCUT2D eigenvalue weighted by atomic mass is 32.1. The molecule has 5 aromatic rings. The predicted octanol–water partition coefficient (Wildman–Crippen LogP) is 6.57. The van der Waals surface area contributed by atoms with Crippen LogP contribution in [0.15, 0.2) is 47.1 Å². The van der Waals surface area contributed by atoms with Gasteiger partial charge < -0.3 is 29.0 Å². The number of carbonyl (C=O) groups excluding carboxylic acids is 1. The van der Waals surface area contributed by atoms with Gasteiger partial charge in [0.1, 0.15) is 23.5 Å². The van der Waals surface area contributed by atoms with Gasteiger partial charge in [-0.15, -0.1) is 0 Å². The van der Waals surface area contributed by atoms with Gasteiger partial charge >= 0.3 is 12.2 Å². The van der Waals surface area contributed by atoms with Crippen molar-refractivity contribution in [1.82, 2.24) is 24.8 Å². The molecular formula is C31H33F3N8O4S. The summed E-state index contributed by atoms with van der Waals surface area (Å²) < 4.78 is 57.3. The largest absolute Gasteiger partial charge is 0.493 e. The van der Waals surface area contributed by atoms with E-state index in [0.29, 0.717) is 40.6 Å². The SMILES string of the molecule is COc1cc2c(Nc3ccc4nc(NC(=O)Nc5oc(C)cc5C(F)(F)F)sc4c3)ncnc2cc1OCCCN1CCN(C)CC1. The van der Waals surface area contributed by atoms with Gasteiger partial charge in [-0.25, -0.2) is 19.7 Å². The molecule has 3 N–H and O–H groups in total. The van der Waals surface area contributed by atoms with Gasteiger partial charge in [0, 0.05) is 49.9 Å². The summed E-state index contributed by atoms with van der Waals surface area (Å²) >= 11 is 1.16. The minimum absolute atomic E-state index is 0.0171. The van der Waals surface area contributed by atoms with E-state index in [-0.39, 0.29) is 10.9 Å². The maximum Gasteiger partial charge on any atom is 0.421 e. The number of benzene rings is 2. The Balaban J connectivity index is 1.12. The molecule has 16 heteroatoms. The van der Waals surface area contributed by atoms with Gasteiger partial charge in [-0.05, 0) is 50.7 Å². The first-order valence-corrected chi connectivity index (χ1v) is 15.7. The number of furan rings is 1. The quantitative estimate of drug-likeness (QED) is 0.140. The van der Waals surface area contributed by atoms with Crippen LogP contribution in [0, 0.1) is 6.92 Å². The summed E-state index contributed by atoms with van der Waals surface area (Å²) in [6.07, 6.45) is -2.32. The average Bonchev–Trinajstić information content (AvgIpc) is 3.61. The molecule has 1 aliphatic rings. The lowest BCUT2D eigenvalue weighted by atomic mass is 10.2. The monoisotopic (exact) mass is 670 g/mol. The van der Waals surface area contributed by atoms with Gasteiger partial charge in [-0.2, -0.15) is 13.2 Å². The van der Waals surface area contributed by atoms with Gasteiger partial charge in [0.25, 0.3) is 0 Å². The van der Waals surface area contributed by atoms with Crippen LogP contribution in [0.3, 0.4) is 0 Å². The summed E-state index contributed by atoms with van der Waals surface area (Å²) in [6, 6.07) is 8.97. The molecule has 0 spiro atoms. The predicted molar refractivity (Wildman–Crippen MR) is 174 cm³/mol. The number of amides is 2. The molecule has 1 fully saturated rings. The van der Waals surface area contributed by atoms with Crippen molar-refractivity contribution in [3.63, 3.8) is 0 Å². The molecular weight excluding hydrogens is 637 g/mol. The molecule has 3 aromatic heterocycles. The van der Waals surface area contributed by atoms with Gasteiger partial charge in [0.15, 0.2) is 16.6 Å². The highest BCUT2D eigenvalue weighted by Crippen LogP contribution is 2.38. The maximum absolute atomic E-state index is 13.3. The van der Waals surface area contributed by atoms with Crippen LogP contribution in [0.4, 0.5) is 40.5 Å². The molecule has 0 aliphatic carbocycles. The number of halogens is 3. The number of aryl methyl sites for hydroxylation is 1. The number of ether oxygens (including phenoxy) is 2. The second-order valence-electron chi connectivity index (χ2n) is 11.1. The number of anilines is 4. The van der Waals surface area contributed by atoms with Crippen LogP contribution in [0.25, 0.3) is 21.1 Å². The molecule has 6 rings (SSSR count). The topological polar surface area (TPSA) is 130 Å². The number of methoxy groups -OCH3 is 1. The third-order valence-corrected chi connectivity index (χ3v) is 8.59. The average molecular weight is 671 g/mol. The van der Waals surface area contributed by atoms with Crippen molar-refractivity contribution in [2.24, 2.45) is 0 Å². The Labute approximate surface area is 271 Å². The molecule has 1 saturated heterocycles. The van der Waals surface area contributed by atoms with E-state index in [1.807, 2.05) is 18.2 Å². The fraction of sp³-hybridized carbons (Fsp3) is 0.355. The molecule has 1 aliphatic heterocycles. The molecule has 0 saturated carbocycles. The Morgan fingerprint density at radius 1 is 1.04 bits per heavy atom. The minimum Gasteiger partial charge on any atom is -0.493 e. The third kappa shape index (κ3) is 7.66. The van der Waals surface area contributed by atoms with Crippen molar-refractivity contribution >= 4 is 61.0 Å². The van der Waals surface area contributed by atoms with Crippen LogP contribution in [0.1, 0.15) is 17.7 Å². The van der Waals surface area contributed by atoms with Crippen molar-refractivity contribution in [2.75, 3.05) is 69.4 Å². The number of urea groups is 1. The smallest absolute Gasteiger partial charge is 0.421 e. The van der Waals surface area contributed by atoms with E-state index >= 15 is 0 Å². The van der Waals surface area contributed by atoms with Crippen molar-refractivity contribution in [3.05, 3.63) is 54.0 Å². The number of fused-ring (bicyclic) bond motifs is 2. The Kier molecular flexibility index (Phi) is 9.33. The molecule has 248 valence electrons. The third-order valence-electron chi connectivity index (χ3n) is 7.65. The molecule has 0 unspecified atom stereocenters. The van der Waals surface area contributed by atoms with E-state index in [1.165, 1.54) is 13.3 Å². The standard InChI is InChI=1S/C31H33F3N8O4S/c1-18-13-21(31(32,33)34)28(46-18)39-29(43)40-30-38-22-6-5-19(14-26(22)47-30)37-27-20-15-24(44-3)25(16-23(20)35-17-36-27)45-12-4-7-42-10-8-41(2)9-11-42/h5-6,13-17H,4,7-12H2,1-3H3,(H,35,36,37)(H2,38,39,40,43). The second-order valence-corrected chi connectivity index (χ2v) is 12.1. The summed E-state index contributed by atoms with van der Waals surface area (Å²) in [5.74, 6) is 1.05. The van der Waals surface area contributed by atoms with E-state index in [1.54, 1.807) is 19.2 Å². The number of likely N-dealkylation sites (N-methyl/N-ethyl adjacent to an activating group) is 1. The molecule has 2 amide bonds. The summed E-state index contributed by atoms with van der Waals surface area (Å²) in [5, 5.41) is 8.82. The van der Waals surface area contributed by atoms with Gasteiger partial charge in [0.05, 0.1) is 29.5 Å². The lowest BCUT2D eigenvalue weighted by Gasteiger charge is -2.32. The molecule has 0 bridgehead atoms. The van der Waals surface area contributed by atoms with Crippen LogP contribution in [0.2, 0.25) is 0 Å². The van der Waals surface area contributed by atoms with Crippen molar-refractivity contribution < 1.29 is 31.9 Å². The van der Waals surface area contributed by atoms with Crippen LogP contribution in [0.5, 0.6) is 11.5 Å². The van der Waals surface area contributed by atoms with Gasteiger partial charge in [0.2, 0.25) is 5.88 Å².